The molecule has 3 N–H and O–H groups in total. The number of carbonyl (C=O) groups excluding carboxylic acids is 1. The molecule has 0 aliphatic carbocycles. The zero-order valence-corrected chi connectivity index (χ0v) is 8.78. The molecule has 2 atom stereocenters. The summed E-state index contributed by atoms with van der Waals surface area (Å²) in [6.45, 7) is 4.61. The Morgan fingerprint density at radius 2 is 2.17 bits per heavy atom. The molecule has 0 aliphatic heterocycles. The fraction of sp³-hybridized carbons (Fsp3) is 0.875. The van der Waals surface area contributed by atoms with Crippen molar-refractivity contribution in [1.82, 2.24) is 5.32 Å². The van der Waals surface area contributed by atoms with Gasteiger partial charge in [-0.15, -0.1) is 0 Å². The van der Waals surface area contributed by atoms with E-state index in [9.17, 15) is 4.79 Å². The molecule has 3 nitrogen and oxygen atoms in total. The molecule has 12 heavy (non-hydrogen) atoms. The van der Waals surface area contributed by atoms with E-state index in [1.165, 1.54) is 0 Å². The monoisotopic (exact) mass is 190 g/mol. The largest absolute Gasteiger partial charge is 0.369 e. The van der Waals surface area contributed by atoms with Gasteiger partial charge in [0, 0.05) is 24.3 Å². The summed E-state index contributed by atoms with van der Waals surface area (Å²) in [6.07, 6.45) is 2.07. The third kappa shape index (κ3) is 5.43. The molecule has 0 bridgehead atoms. The van der Waals surface area contributed by atoms with Crippen LogP contribution < -0.4 is 11.1 Å². The summed E-state index contributed by atoms with van der Waals surface area (Å²) in [4.78, 5) is 10.6. The predicted octanol–water partition coefficient (Wildman–Crippen LogP) is 0.449. The van der Waals surface area contributed by atoms with Crippen LogP contribution in [0, 0.1) is 5.92 Å². The maximum absolute atomic E-state index is 10.6. The molecule has 1 amide bonds. The van der Waals surface area contributed by atoms with Gasteiger partial charge in [0.25, 0.3) is 0 Å². The molecular weight excluding hydrogens is 172 g/mol. The van der Waals surface area contributed by atoms with Gasteiger partial charge < -0.3 is 11.1 Å². The minimum atomic E-state index is -0.237. The summed E-state index contributed by atoms with van der Waals surface area (Å²) in [5, 5.41) is 3.24. The minimum Gasteiger partial charge on any atom is -0.369 e. The van der Waals surface area contributed by atoms with E-state index in [-0.39, 0.29) is 11.8 Å². The molecule has 0 radical (unpaired) electrons. The number of hydrogen-bond acceptors (Lipinski definition) is 3. The van der Waals surface area contributed by atoms with E-state index < -0.39 is 0 Å². The van der Waals surface area contributed by atoms with Gasteiger partial charge in [-0.2, -0.15) is 11.8 Å². The molecule has 4 heteroatoms. The summed E-state index contributed by atoms with van der Waals surface area (Å²) in [6, 6.07) is 0.446. The zero-order valence-electron chi connectivity index (χ0n) is 7.96. The van der Waals surface area contributed by atoms with Crippen molar-refractivity contribution in [2.24, 2.45) is 11.7 Å². The molecule has 2 unspecified atom stereocenters. The molecule has 0 heterocycles. The number of thioether (sulfide) groups is 1. The molecule has 0 fully saturated rings. The van der Waals surface area contributed by atoms with Crippen LogP contribution in [0.3, 0.4) is 0 Å². The topological polar surface area (TPSA) is 55.1 Å². The highest BCUT2D eigenvalue weighted by Crippen LogP contribution is 1.97. The standard InChI is InChI=1S/C8H18N2OS/c1-6(8(9)11)4-10-7(2)5-12-3/h6-7,10H,4-5H2,1-3H3,(H2,9,11). The molecule has 0 saturated heterocycles. The Labute approximate surface area is 78.5 Å². The van der Waals surface area contributed by atoms with Gasteiger partial charge in [-0.3, -0.25) is 4.79 Å². The molecule has 0 aromatic carbocycles. The number of amides is 1. The first-order valence-electron chi connectivity index (χ1n) is 4.09. The van der Waals surface area contributed by atoms with E-state index in [1.54, 1.807) is 11.8 Å². The van der Waals surface area contributed by atoms with Crippen molar-refractivity contribution in [3.05, 3.63) is 0 Å². The van der Waals surface area contributed by atoms with Crippen LogP contribution >= 0.6 is 11.8 Å². The Balaban J connectivity index is 3.46. The molecule has 0 aromatic heterocycles. The van der Waals surface area contributed by atoms with Crippen LogP contribution in [0.4, 0.5) is 0 Å². The van der Waals surface area contributed by atoms with Gasteiger partial charge in [0.2, 0.25) is 5.91 Å². The Morgan fingerprint density at radius 3 is 2.58 bits per heavy atom. The highest BCUT2D eigenvalue weighted by molar-refractivity contribution is 7.98. The maximum atomic E-state index is 10.6. The normalized spacial score (nSPS) is 15.6. The van der Waals surface area contributed by atoms with Crippen LogP contribution in [0.2, 0.25) is 0 Å². The summed E-state index contributed by atoms with van der Waals surface area (Å²) >= 11 is 1.79. The number of carbonyl (C=O) groups is 1. The number of nitrogens with two attached hydrogens (primary N) is 1. The molecule has 0 rings (SSSR count). The first-order valence-corrected chi connectivity index (χ1v) is 5.49. The van der Waals surface area contributed by atoms with E-state index in [4.69, 9.17) is 5.73 Å². The highest BCUT2D eigenvalue weighted by atomic mass is 32.2. The lowest BCUT2D eigenvalue weighted by atomic mass is 10.1. The van der Waals surface area contributed by atoms with Crippen molar-refractivity contribution in [2.45, 2.75) is 19.9 Å². The number of primary amides is 1. The van der Waals surface area contributed by atoms with Gasteiger partial charge >= 0.3 is 0 Å². The zero-order chi connectivity index (χ0) is 9.56. The van der Waals surface area contributed by atoms with Crippen LogP contribution in [0.1, 0.15) is 13.8 Å². The SMILES string of the molecule is CSCC(C)NCC(C)C(N)=O. The van der Waals surface area contributed by atoms with Gasteiger partial charge in [0.1, 0.15) is 0 Å². The lowest BCUT2D eigenvalue weighted by molar-refractivity contribution is -0.121. The van der Waals surface area contributed by atoms with Gasteiger partial charge in [-0.05, 0) is 13.2 Å². The lowest BCUT2D eigenvalue weighted by Gasteiger charge is -2.14. The predicted molar refractivity (Wildman–Crippen MR) is 54.2 cm³/mol. The second-order valence-electron chi connectivity index (χ2n) is 3.07. The van der Waals surface area contributed by atoms with Gasteiger partial charge in [-0.25, -0.2) is 0 Å². The van der Waals surface area contributed by atoms with Crippen LogP contribution in [0.5, 0.6) is 0 Å². The van der Waals surface area contributed by atoms with E-state index in [0.29, 0.717) is 12.6 Å². The number of hydrogen-bond donors (Lipinski definition) is 2. The quantitative estimate of drug-likeness (QED) is 0.639. The Morgan fingerprint density at radius 1 is 1.58 bits per heavy atom. The van der Waals surface area contributed by atoms with Crippen molar-refractivity contribution >= 4 is 17.7 Å². The van der Waals surface area contributed by atoms with Crippen molar-refractivity contribution in [3.63, 3.8) is 0 Å². The number of nitrogens with one attached hydrogen (secondary N) is 1. The van der Waals surface area contributed by atoms with Crippen LogP contribution in [0.15, 0.2) is 0 Å². The van der Waals surface area contributed by atoms with Crippen molar-refractivity contribution in [2.75, 3.05) is 18.6 Å². The highest BCUT2D eigenvalue weighted by Gasteiger charge is 2.09. The van der Waals surface area contributed by atoms with Gasteiger partial charge in [0.05, 0.1) is 0 Å². The molecule has 72 valence electrons. The first-order chi connectivity index (χ1) is 5.57. The average Bonchev–Trinajstić information content (AvgIpc) is 2.00. The minimum absolute atomic E-state index is 0.0747. The van der Waals surface area contributed by atoms with Crippen LogP contribution in [0.25, 0.3) is 0 Å². The van der Waals surface area contributed by atoms with Crippen molar-refractivity contribution < 1.29 is 4.79 Å². The van der Waals surface area contributed by atoms with Crippen LogP contribution in [-0.4, -0.2) is 30.5 Å². The third-order valence-electron chi connectivity index (χ3n) is 1.67. The Kier molecular flexibility index (Phi) is 6.20. The fourth-order valence-corrected chi connectivity index (χ4v) is 1.41. The van der Waals surface area contributed by atoms with E-state index in [1.807, 2.05) is 6.92 Å². The summed E-state index contributed by atoms with van der Waals surface area (Å²) in [5.74, 6) is 0.749. The van der Waals surface area contributed by atoms with E-state index in [2.05, 4.69) is 18.5 Å². The lowest BCUT2D eigenvalue weighted by Crippen LogP contribution is -2.36. The molecule has 0 aliphatic rings. The summed E-state index contributed by atoms with van der Waals surface area (Å²) < 4.78 is 0. The van der Waals surface area contributed by atoms with Crippen molar-refractivity contribution in [1.29, 1.82) is 0 Å². The maximum Gasteiger partial charge on any atom is 0.221 e. The smallest absolute Gasteiger partial charge is 0.221 e. The second kappa shape index (κ2) is 6.31. The fourth-order valence-electron chi connectivity index (χ4n) is 0.787. The first kappa shape index (κ1) is 11.8. The van der Waals surface area contributed by atoms with E-state index in [0.717, 1.165) is 5.75 Å². The van der Waals surface area contributed by atoms with Gasteiger partial charge in [-0.1, -0.05) is 6.92 Å². The Bertz CT molecular complexity index is 141. The van der Waals surface area contributed by atoms with Crippen molar-refractivity contribution in [3.8, 4) is 0 Å². The number of rotatable bonds is 6. The third-order valence-corrected chi connectivity index (χ3v) is 2.51. The molecule has 0 spiro atoms. The Hall–Kier alpha value is -0.220. The van der Waals surface area contributed by atoms with E-state index >= 15 is 0 Å². The summed E-state index contributed by atoms with van der Waals surface area (Å²) in [7, 11) is 0. The molecule has 0 saturated carbocycles. The molecule has 0 aromatic rings. The average molecular weight is 190 g/mol. The molecular formula is C8H18N2OS. The second-order valence-corrected chi connectivity index (χ2v) is 3.98. The van der Waals surface area contributed by atoms with Crippen LogP contribution in [-0.2, 0) is 4.79 Å². The summed E-state index contributed by atoms with van der Waals surface area (Å²) in [5.41, 5.74) is 5.11. The van der Waals surface area contributed by atoms with Gasteiger partial charge in [0.15, 0.2) is 0 Å².